The number of nitrogens with one attached hydrogen (secondary N) is 1. The highest BCUT2D eigenvalue weighted by atomic mass is 19.1. The second-order valence-electron chi connectivity index (χ2n) is 4.31. The number of fused-ring (bicyclic) bond motifs is 1. The molecule has 0 aliphatic heterocycles. The molecule has 0 aliphatic rings. The fraction of sp³-hybridized carbons (Fsp3) is 0.308. The lowest BCUT2D eigenvalue weighted by atomic mass is 9.98. The number of hydrogen-bond donors (Lipinski definition) is 1. The summed E-state index contributed by atoms with van der Waals surface area (Å²) in [5, 5.41) is 0.677. The first-order valence-electron chi connectivity index (χ1n) is 5.33. The van der Waals surface area contributed by atoms with Crippen molar-refractivity contribution in [2.75, 3.05) is 0 Å². The Morgan fingerprint density at radius 1 is 1.38 bits per heavy atom. The van der Waals surface area contributed by atoms with Crippen molar-refractivity contribution >= 4 is 16.7 Å². The second kappa shape index (κ2) is 3.74. The molecule has 0 spiro atoms. The van der Waals surface area contributed by atoms with Gasteiger partial charge >= 0.3 is 0 Å². The fourth-order valence-electron chi connectivity index (χ4n) is 1.92. The van der Waals surface area contributed by atoms with Crippen LogP contribution in [0.25, 0.3) is 10.9 Å². The summed E-state index contributed by atoms with van der Waals surface area (Å²) in [6, 6.07) is 4.79. The van der Waals surface area contributed by atoms with Crippen LogP contribution in [-0.2, 0) is 0 Å². The van der Waals surface area contributed by atoms with Crippen molar-refractivity contribution in [3.8, 4) is 0 Å². The van der Waals surface area contributed by atoms with E-state index in [2.05, 4.69) is 4.98 Å². The number of para-hydroxylation sites is 1. The van der Waals surface area contributed by atoms with E-state index < -0.39 is 0 Å². The van der Waals surface area contributed by atoms with Crippen LogP contribution in [0, 0.1) is 18.7 Å². The van der Waals surface area contributed by atoms with Crippen molar-refractivity contribution in [3.05, 3.63) is 35.3 Å². The number of Topliss-reactive ketones (excluding diaryl/α,β-unsaturated/α-hetero) is 1. The van der Waals surface area contributed by atoms with Crippen LogP contribution in [0.5, 0.6) is 0 Å². The van der Waals surface area contributed by atoms with Gasteiger partial charge in [0.15, 0.2) is 5.78 Å². The molecule has 1 aromatic carbocycles. The third kappa shape index (κ3) is 1.52. The van der Waals surface area contributed by atoms with Gasteiger partial charge in [-0.2, -0.15) is 0 Å². The molecule has 3 heteroatoms. The van der Waals surface area contributed by atoms with Crippen LogP contribution in [0.4, 0.5) is 4.39 Å². The highest BCUT2D eigenvalue weighted by molar-refractivity contribution is 6.10. The molecule has 16 heavy (non-hydrogen) atoms. The minimum absolute atomic E-state index is 0.0503. The van der Waals surface area contributed by atoms with Gasteiger partial charge in [-0.05, 0) is 13.0 Å². The Hall–Kier alpha value is -1.64. The third-order valence-electron chi connectivity index (χ3n) is 2.74. The van der Waals surface area contributed by atoms with Crippen LogP contribution in [0.2, 0.25) is 0 Å². The molecule has 0 amide bonds. The first-order valence-corrected chi connectivity index (χ1v) is 5.33. The van der Waals surface area contributed by atoms with E-state index in [9.17, 15) is 9.18 Å². The molecule has 0 atom stereocenters. The Kier molecular flexibility index (Phi) is 2.54. The quantitative estimate of drug-likeness (QED) is 0.771. The molecule has 1 heterocycles. The first-order chi connectivity index (χ1) is 7.52. The molecule has 2 rings (SSSR count). The van der Waals surface area contributed by atoms with Gasteiger partial charge in [0.1, 0.15) is 5.82 Å². The largest absolute Gasteiger partial charge is 0.356 e. The summed E-state index contributed by atoms with van der Waals surface area (Å²) in [6.45, 7) is 5.49. The second-order valence-corrected chi connectivity index (χ2v) is 4.31. The molecule has 1 N–H and O–H groups in total. The van der Waals surface area contributed by atoms with Crippen LogP contribution < -0.4 is 0 Å². The van der Waals surface area contributed by atoms with Crippen molar-refractivity contribution in [3.63, 3.8) is 0 Å². The molecule has 2 aromatic rings. The minimum atomic E-state index is -0.316. The van der Waals surface area contributed by atoms with Crippen LogP contribution in [0.3, 0.4) is 0 Å². The van der Waals surface area contributed by atoms with Gasteiger partial charge in [0.2, 0.25) is 0 Å². The molecule has 2 nitrogen and oxygen atoms in total. The summed E-state index contributed by atoms with van der Waals surface area (Å²) in [5.74, 6) is -0.348. The van der Waals surface area contributed by atoms with Crippen LogP contribution >= 0.6 is 0 Å². The molecular weight excluding hydrogens is 205 g/mol. The van der Waals surface area contributed by atoms with E-state index in [1.165, 1.54) is 6.07 Å². The predicted molar refractivity (Wildman–Crippen MR) is 62.2 cm³/mol. The molecule has 0 saturated heterocycles. The number of halogens is 1. The third-order valence-corrected chi connectivity index (χ3v) is 2.74. The summed E-state index contributed by atoms with van der Waals surface area (Å²) in [6.07, 6.45) is 0. The smallest absolute Gasteiger partial charge is 0.167 e. The summed E-state index contributed by atoms with van der Waals surface area (Å²) >= 11 is 0. The number of benzene rings is 1. The van der Waals surface area contributed by atoms with E-state index in [0.29, 0.717) is 16.5 Å². The highest BCUT2D eigenvalue weighted by Crippen LogP contribution is 2.26. The standard InChI is InChI=1S/C13H14FNO/c1-7(2)13(16)11-8(3)15-12-9(11)5-4-6-10(12)14/h4-7,15H,1-3H3. The van der Waals surface area contributed by atoms with Gasteiger partial charge in [-0.15, -0.1) is 0 Å². The lowest BCUT2D eigenvalue weighted by molar-refractivity contribution is 0.0940. The number of rotatable bonds is 2. The fourth-order valence-corrected chi connectivity index (χ4v) is 1.92. The van der Waals surface area contributed by atoms with Crippen LogP contribution in [0.1, 0.15) is 29.9 Å². The molecule has 0 aliphatic carbocycles. The number of aromatic nitrogens is 1. The SMILES string of the molecule is Cc1[nH]c2c(F)cccc2c1C(=O)C(C)C. The normalized spacial score (nSPS) is 11.3. The number of H-pyrrole nitrogens is 1. The van der Waals surface area contributed by atoms with Gasteiger partial charge in [0.25, 0.3) is 0 Å². The minimum Gasteiger partial charge on any atom is -0.356 e. The summed E-state index contributed by atoms with van der Waals surface area (Å²) in [4.78, 5) is 14.9. The van der Waals surface area contributed by atoms with E-state index in [1.54, 1.807) is 19.1 Å². The molecule has 0 unspecified atom stereocenters. The van der Waals surface area contributed by atoms with Gasteiger partial charge in [0.05, 0.1) is 5.52 Å². The Balaban J connectivity index is 2.75. The number of carbonyl (C=O) groups is 1. The number of carbonyl (C=O) groups excluding carboxylic acids is 1. The molecule has 0 bridgehead atoms. The number of aryl methyl sites for hydroxylation is 1. The van der Waals surface area contributed by atoms with Gasteiger partial charge < -0.3 is 4.98 Å². The van der Waals surface area contributed by atoms with E-state index in [1.807, 2.05) is 13.8 Å². The zero-order valence-corrected chi connectivity index (χ0v) is 9.60. The predicted octanol–water partition coefficient (Wildman–Crippen LogP) is 3.45. The molecule has 0 radical (unpaired) electrons. The van der Waals surface area contributed by atoms with Crippen molar-refractivity contribution in [1.82, 2.24) is 4.98 Å². The van der Waals surface area contributed by atoms with Crippen LogP contribution in [-0.4, -0.2) is 10.8 Å². The summed E-state index contributed by atoms with van der Waals surface area (Å²) < 4.78 is 13.5. The van der Waals surface area contributed by atoms with E-state index in [0.717, 1.165) is 5.69 Å². The summed E-state index contributed by atoms with van der Waals surface area (Å²) in [5.41, 5.74) is 1.77. The van der Waals surface area contributed by atoms with Crippen molar-refractivity contribution in [1.29, 1.82) is 0 Å². The Bertz CT molecular complexity index is 554. The van der Waals surface area contributed by atoms with Gasteiger partial charge in [-0.3, -0.25) is 4.79 Å². The zero-order chi connectivity index (χ0) is 11.9. The molecular formula is C13H14FNO. The van der Waals surface area contributed by atoms with Gasteiger partial charge in [0, 0.05) is 22.6 Å². The zero-order valence-electron chi connectivity index (χ0n) is 9.60. The first kappa shape index (κ1) is 10.9. The average Bonchev–Trinajstić information content (AvgIpc) is 2.55. The maximum Gasteiger partial charge on any atom is 0.167 e. The van der Waals surface area contributed by atoms with Gasteiger partial charge in [-0.25, -0.2) is 4.39 Å². The molecule has 0 fully saturated rings. The van der Waals surface area contributed by atoms with E-state index in [-0.39, 0.29) is 17.5 Å². The molecule has 1 aromatic heterocycles. The van der Waals surface area contributed by atoms with Crippen molar-refractivity contribution in [2.45, 2.75) is 20.8 Å². The Morgan fingerprint density at radius 3 is 2.69 bits per heavy atom. The van der Waals surface area contributed by atoms with E-state index >= 15 is 0 Å². The Morgan fingerprint density at radius 2 is 2.06 bits per heavy atom. The lowest BCUT2D eigenvalue weighted by Gasteiger charge is -2.03. The Labute approximate surface area is 93.5 Å². The van der Waals surface area contributed by atoms with Crippen molar-refractivity contribution < 1.29 is 9.18 Å². The topological polar surface area (TPSA) is 32.9 Å². The maximum absolute atomic E-state index is 13.5. The lowest BCUT2D eigenvalue weighted by Crippen LogP contribution is -2.08. The van der Waals surface area contributed by atoms with E-state index in [4.69, 9.17) is 0 Å². The number of hydrogen-bond acceptors (Lipinski definition) is 1. The van der Waals surface area contributed by atoms with Gasteiger partial charge in [-0.1, -0.05) is 26.0 Å². The number of ketones is 1. The van der Waals surface area contributed by atoms with Crippen LogP contribution in [0.15, 0.2) is 18.2 Å². The molecule has 0 saturated carbocycles. The number of aromatic amines is 1. The highest BCUT2D eigenvalue weighted by Gasteiger charge is 2.19. The molecule has 84 valence electrons. The van der Waals surface area contributed by atoms with Crippen molar-refractivity contribution in [2.24, 2.45) is 5.92 Å². The monoisotopic (exact) mass is 219 g/mol. The maximum atomic E-state index is 13.5. The summed E-state index contributed by atoms with van der Waals surface area (Å²) in [7, 11) is 0. The average molecular weight is 219 g/mol.